The predicted molar refractivity (Wildman–Crippen MR) is 143 cm³/mol. The number of nitrogens with one attached hydrogen (secondary N) is 2. The highest BCUT2D eigenvalue weighted by atomic mass is 32.1. The highest BCUT2D eigenvalue weighted by Gasteiger charge is 2.44. The number of thiophene rings is 2. The Morgan fingerprint density at radius 1 is 0.944 bits per heavy atom. The van der Waals surface area contributed by atoms with Crippen LogP contribution >= 0.6 is 22.7 Å². The van der Waals surface area contributed by atoms with Crippen molar-refractivity contribution in [1.29, 1.82) is 0 Å². The van der Waals surface area contributed by atoms with Gasteiger partial charge in [-0.1, -0.05) is 24.3 Å². The van der Waals surface area contributed by atoms with Crippen molar-refractivity contribution in [2.24, 2.45) is 0 Å². The maximum absolute atomic E-state index is 13.3. The van der Waals surface area contributed by atoms with E-state index in [1.807, 2.05) is 66.2 Å². The molecule has 5 heterocycles. The number of aromatic nitrogens is 4. The summed E-state index contributed by atoms with van der Waals surface area (Å²) in [7, 11) is 0. The number of alkyl halides is 2. The number of rotatable bonds is 5. The fourth-order valence-electron chi connectivity index (χ4n) is 4.35. The third-order valence-electron chi connectivity index (χ3n) is 6.20. The van der Waals surface area contributed by atoms with Crippen LogP contribution in [-0.4, -0.2) is 39.2 Å². The Balaban J connectivity index is 1.21. The van der Waals surface area contributed by atoms with Crippen molar-refractivity contribution in [2.45, 2.75) is 5.92 Å². The zero-order valence-electron chi connectivity index (χ0n) is 18.7. The van der Waals surface area contributed by atoms with E-state index in [1.54, 1.807) is 22.4 Å². The molecule has 36 heavy (non-hydrogen) atoms. The number of hydrogen-bond donors (Lipinski definition) is 2. The third kappa shape index (κ3) is 3.78. The second-order valence-electron chi connectivity index (χ2n) is 8.77. The Labute approximate surface area is 212 Å². The molecule has 0 amide bonds. The average molecular weight is 517 g/mol. The number of aromatic amines is 1. The van der Waals surface area contributed by atoms with E-state index in [0.29, 0.717) is 5.82 Å². The molecular weight excluding hydrogens is 498 g/mol. The third-order valence-corrected chi connectivity index (χ3v) is 8.27. The van der Waals surface area contributed by atoms with Crippen LogP contribution < -0.4 is 10.2 Å². The first-order chi connectivity index (χ1) is 17.5. The molecule has 2 N–H and O–H groups in total. The Morgan fingerprint density at radius 2 is 1.78 bits per heavy atom. The number of anilines is 3. The summed E-state index contributed by atoms with van der Waals surface area (Å²) >= 11 is 3.11. The normalized spacial score (nSPS) is 14.9. The summed E-state index contributed by atoms with van der Waals surface area (Å²) in [5.74, 6) is -1.23. The lowest BCUT2D eigenvalue weighted by atomic mass is 10.1. The van der Waals surface area contributed by atoms with Gasteiger partial charge in [0.1, 0.15) is 0 Å². The van der Waals surface area contributed by atoms with E-state index >= 15 is 0 Å². The molecule has 178 valence electrons. The van der Waals surface area contributed by atoms with E-state index < -0.39 is 5.92 Å². The molecule has 1 aliphatic heterocycles. The van der Waals surface area contributed by atoms with Gasteiger partial charge in [0, 0.05) is 27.7 Å². The van der Waals surface area contributed by atoms with Crippen molar-refractivity contribution >= 4 is 59.5 Å². The van der Waals surface area contributed by atoms with Gasteiger partial charge in [-0.05, 0) is 46.7 Å². The van der Waals surface area contributed by atoms with Gasteiger partial charge < -0.3 is 10.2 Å². The van der Waals surface area contributed by atoms with E-state index in [9.17, 15) is 8.78 Å². The zero-order chi connectivity index (χ0) is 24.3. The van der Waals surface area contributed by atoms with Crippen molar-refractivity contribution in [3.63, 3.8) is 0 Å². The van der Waals surface area contributed by atoms with Crippen LogP contribution in [0.3, 0.4) is 0 Å². The molecule has 0 radical (unpaired) electrons. The summed E-state index contributed by atoms with van der Waals surface area (Å²) in [6.07, 6.45) is 3.65. The van der Waals surface area contributed by atoms with Crippen molar-refractivity contribution in [3.8, 4) is 22.5 Å². The summed E-state index contributed by atoms with van der Waals surface area (Å²) in [6, 6.07) is 18.1. The van der Waals surface area contributed by atoms with Gasteiger partial charge in [0.15, 0.2) is 11.6 Å². The smallest absolute Gasteiger partial charge is 0.282 e. The topological polar surface area (TPSA) is 69.7 Å². The van der Waals surface area contributed by atoms with Crippen LogP contribution in [0.5, 0.6) is 0 Å². The maximum atomic E-state index is 13.3. The first-order valence-electron chi connectivity index (χ1n) is 11.3. The highest BCUT2D eigenvalue weighted by Crippen LogP contribution is 2.40. The van der Waals surface area contributed by atoms with Crippen LogP contribution in [0.2, 0.25) is 0 Å². The summed E-state index contributed by atoms with van der Waals surface area (Å²) in [5.41, 5.74) is 4.78. The number of hydrogen-bond acceptors (Lipinski definition) is 7. The van der Waals surface area contributed by atoms with E-state index in [2.05, 4.69) is 15.5 Å². The largest absolute Gasteiger partial charge is 0.351 e. The lowest BCUT2D eigenvalue weighted by molar-refractivity contribution is -0.0258. The number of fused-ring (bicyclic) bond motifs is 2. The van der Waals surface area contributed by atoms with Gasteiger partial charge in [-0.15, -0.1) is 22.7 Å². The molecule has 1 aliphatic rings. The quantitative estimate of drug-likeness (QED) is 0.254. The minimum absolute atomic E-state index is 0.220. The summed E-state index contributed by atoms with van der Waals surface area (Å²) in [5, 5.41) is 14.2. The molecule has 6 nitrogen and oxygen atoms in total. The first-order valence-corrected chi connectivity index (χ1v) is 13.0. The SMILES string of the molecule is FC1(F)CN(c2cc3ccc(-c4nc(Nc5ccc(-c6cn[nH]c6)cc5)c5sccc5n4)cc3s2)C1. The van der Waals surface area contributed by atoms with Crippen LogP contribution in [0.25, 0.3) is 42.8 Å². The molecule has 1 saturated heterocycles. The molecule has 1 fully saturated rings. The standard InChI is InChI=1S/C26H18F2N6S2/c27-26(28)13-34(14-26)22-10-16-1-2-17(9-21(16)36-22)24-32-20-7-8-35-23(20)25(33-24)31-19-5-3-15(4-6-19)18-11-29-30-12-18/h1-12H,13-14H2,(H,29,30)(H,31,32,33). The second-order valence-corrected chi connectivity index (χ2v) is 10.7. The zero-order valence-corrected chi connectivity index (χ0v) is 20.3. The molecular formula is C26H18F2N6S2. The van der Waals surface area contributed by atoms with E-state index in [0.717, 1.165) is 53.5 Å². The number of halogens is 2. The molecule has 0 spiro atoms. The summed E-state index contributed by atoms with van der Waals surface area (Å²) < 4.78 is 28.7. The molecule has 6 aromatic rings. The van der Waals surface area contributed by atoms with E-state index in [4.69, 9.17) is 9.97 Å². The lowest BCUT2D eigenvalue weighted by Gasteiger charge is -2.39. The molecule has 0 saturated carbocycles. The molecule has 7 rings (SSSR count). The van der Waals surface area contributed by atoms with Crippen molar-refractivity contribution in [2.75, 3.05) is 23.3 Å². The number of H-pyrrole nitrogens is 1. The Bertz CT molecular complexity index is 1700. The fourth-order valence-corrected chi connectivity index (χ4v) is 6.22. The fraction of sp³-hybridized carbons (Fsp3) is 0.115. The van der Waals surface area contributed by atoms with Crippen molar-refractivity contribution in [3.05, 3.63) is 72.4 Å². The van der Waals surface area contributed by atoms with Crippen LogP contribution in [0.1, 0.15) is 0 Å². The van der Waals surface area contributed by atoms with Gasteiger partial charge in [-0.25, -0.2) is 18.7 Å². The highest BCUT2D eigenvalue weighted by molar-refractivity contribution is 7.22. The summed E-state index contributed by atoms with van der Waals surface area (Å²) in [4.78, 5) is 11.4. The number of benzene rings is 2. The molecule has 0 bridgehead atoms. The number of nitrogens with zero attached hydrogens (tertiary/aromatic N) is 4. The van der Waals surface area contributed by atoms with Gasteiger partial charge in [0.05, 0.1) is 34.5 Å². The maximum Gasteiger partial charge on any atom is 0.282 e. The lowest BCUT2D eigenvalue weighted by Crippen LogP contribution is -2.56. The minimum atomic E-state index is -2.59. The molecule has 10 heteroatoms. The minimum Gasteiger partial charge on any atom is -0.351 e. The van der Waals surface area contributed by atoms with E-state index in [1.165, 1.54) is 11.3 Å². The Morgan fingerprint density at radius 3 is 2.56 bits per heavy atom. The van der Waals surface area contributed by atoms with Gasteiger partial charge in [-0.3, -0.25) is 5.10 Å². The van der Waals surface area contributed by atoms with Gasteiger partial charge >= 0.3 is 0 Å². The van der Waals surface area contributed by atoms with Gasteiger partial charge in [-0.2, -0.15) is 5.10 Å². The molecule has 0 atom stereocenters. The average Bonchev–Trinajstić information content (AvgIpc) is 3.63. The van der Waals surface area contributed by atoms with Crippen LogP contribution in [0.15, 0.2) is 72.4 Å². The Kier molecular flexibility index (Phi) is 4.80. The van der Waals surface area contributed by atoms with Crippen molar-refractivity contribution in [1.82, 2.24) is 20.2 Å². The van der Waals surface area contributed by atoms with Gasteiger partial charge in [0.2, 0.25) is 0 Å². The monoisotopic (exact) mass is 516 g/mol. The molecule has 0 unspecified atom stereocenters. The summed E-state index contributed by atoms with van der Waals surface area (Å²) in [6.45, 7) is -0.439. The molecule has 4 aromatic heterocycles. The van der Waals surface area contributed by atoms with E-state index in [-0.39, 0.29) is 13.1 Å². The molecule has 2 aromatic carbocycles. The van der Waals surface area contributed by atoms with Gasteiger partial charge in [0.25, 0.3) is 5.92 Å². The van der Waals surface area contributed by atoms with Crippen LogP contribution in [0.4, 0.5) is 25.3 Å². The Hall–Kier alpha value is -3.89. The second kappa shape index (κ2) is 8.07. The van der Waals surface area contributed by atoms with Crippen molar-refractivity contribution < 1.29 is 8.78 Å². The van der Waals surface area contributed by atoms with Crippen LogP contribution in [0, 0.1) is 0 Å². The van der Waals surface area contributed by atoms with Crippen LogP contribution in [-0.2, 0) is 0 Å². The molecule has 0 aliphatic carbocycles. The first kappa shape index (κ1) is 21.4. The predicted octanol–water partition coefficient (Wildman–Crippen LogP) is 7.16.